The van der Waals surface area contributed by atoms with E-state index in [-0.39, 0.29) is 0 Å². The highest BCUT2D eigenvalue weighted by molar-refractivity contribution is 6.23. The van der Waals surface area contributed by atoms with Gasteiger partial charge in [-0.25, -0.2) is 4.99 Å². The second kappa shape index (κ2) is 13.0. The van der Waals surface area contributed by atoms with Gasteiger partial charge in [-0.3, -0.25) is 4.99 Å². The van der Waals surface area contributed by atoms with Crippen molar-refractivity contribution in [2.75, 3.05) is 12.0 Å². The second-order valence-corrected chi connectivity index (χ2v) is 11.8. The highest BCUT2D eigenvalue weighted by Crippen LogP contribution is 2.47. The van der Waals surface area contributed by atoms with E-state index in [4.69, 9.17) is 14.1 Å². The van der Waals surface area contributed by atoms with Crippen molar-refractivity contribution in [3.05, 3.63) is 169 Å². The summed E-state index contributed by atoms with van der Waals surface area (Å²) in [5, 5.41) is 4.48. The smallest absolute Gasteiger partial charge is 0.160 e. The summed E-state index contributed by atoms with van der Waals surface area (Å²) in [6.07, 6.45) is 0. The molecular weight excluding hydrogens is 603 g/mol. The first-order valence-electron chi connectivity index (χ1n) is 16.2. The van der Waals surface area contributed by atoms with Crippen LogP contribution in [0.1, 0.15) is 11.1 Å². The van der Waals surface area contributed by atoms with Crippen molar-refractivity contribution < 1.29 is 9.15 Å². The number of ether oxygens (including phenoxy) is 1. The third-order valence-corrected chi connectivity index (χ3v) is 8.90. The van der Waals surface area contributed by atoms with Crippen LogP contribution in [0.4, 0.5) is 17.1 Å². The Balaban J connectivity index is 1.22. The molecule has 8 aromatic rings. The number of para-hydroxylation sites is 3. The van der Waals surface area contributed by atoms with E-state index in [0.29, 0.717) is 12.4 Å². The molecule has 0 aliphatic carbocycles. The first-order chi connectivity index (χ1) is 24.2. The summed E-state index contributed by atoms with van der Waals surface area (Å²) in [4.78, 5) is 11.2. The fourth-order valence-corrected chi connectivity index (χ4v) is 6.58. The third kappa shape index (κ3) is 5.62. The van der Waals surface area contributed by atoms with Crippen molar-refractivity contribution in [3.8, 4) is 16.9 Å². The van der Waals surface area contributed by atoms with E-state index in [1.54, 1.807) is 7.11 Å². The lowest BCUT2D eigenvalue weighted by atomic mass is 10.0. The van der Waals surface area contributed by atoms with Crippen molar-refractivity contribution >= 4 is 62.3 Å². The summed E-state index contributed by atoms with van der Waals surface area (Å²) < 4.78 is 12.6. The Morgan fingerprint density at radius 3 is 2.22 bits per heavy atom. The van der Waals surface area contributed by atoms with Crippen molar-refractivity contribution in [1.82, 2.24) is 0 Å². The predicted molar refractivity (Wildman–Crippen MR) is 204 cm³/mol. The van der Waals surface area contributed by atoms with Crippen LogP contribution < -0.4 is 9.64 Å². The number of aliphatic imine (C=N–C) groups is 2. The van der Waals surface area contributed by atoms with Crippen LogP contribution in [0.2, 0.25) is 0 Å². The summed E-state index contributed by atoms with van der Waals surface area (Å²) in [6, 6.07) is 54.1. The number of nitrogens with zero attached hydrogens (tertiary/aromatic N) is 3. The van der Waals surface area contributed by atoms with E-state index in [0.717, 1.165) is 77.8 Å². The molecule has 0 amide bonds. The van der Waals surface area contributed by atoms with Gasteiger partial charge in [0.15, 0.2) is 11.4 Å². The maximum absolute atomic E-state index is 6.67. The van der Waals surface area contributed by atoms with E-state index < -0.39 is 0 Å². The van der Waals surface area contributed by atoms with E-state index in [1.165, 1.54) is 0 Å². The Morgan fingerprint density at radius 2 is 1.41 bits per heavy atom. The highest BCUT2D eigenvalue weighted by atomic mass is 16.5. The largest absolute Gasteiger partial charge is 0.495 e. The molecule has 0 aliphatic heterocycles. The average molecular weight is 636 g/mol. The number of furan rings is 1. The number of benzene rings is 7. The fraction of sp³-hybridized carbons (Fsp3) is 0.0455. The van der Waals surface area contributed by atoms with Crippen molar-refractivity contribution in [3.63, 3.8) is 0 Å². The normalized spacial score (nSPS) is 11.7. The Bertz CT molecular complexity index is 2480. The van der Waals surface area contributed by atoms with Gasteiger partial charge < -0.3 is 14.1 Å². The molecule has 0 saturated heterocycles. The molecule has 5 heteroatoms. The van der Waals surface area contributed by atoms with Gasteiger partial charge in [0.05, 0.1) is 25.0 Å². The molecule has 1 aromatic heterocycles. The SMILES string of the molecule is C=NC(=NCc1cccc(-c2ccc(N(c3ccccc3OC)c3cc4ccccc4c4c3oc3ccccc34)cc2)c1)c1ccccc1. The van der Waals surface area contributed by atoms with Crippen LogP contribution in [0.15, 0.2) is 172 Å². The van der Waals surface area contributed by atoms with Crippen molar-refractivity contribution in [1.29, 1.82) is 0 Å². The molecule has 236 valence electrons. The molecular formula is C44H33N3O2. The van der Waals surface area contributed by atoms with Gasteiger partial charge in [-0.15, -0.1) is 0 Å². The molecule has 0 aliphatic rings. The molecule has 7 aromatic carbocycles. The lowest BCUT2D eigenvalue weighted by Crippen LogP contribution is -2.11. The van der Waals surface area contributed by atoms with Gasteiger partial charge in [0.1, 0.15) is 11.3 Å². The Morgan fingerprint density at radius 1 is 0.673 bits per heavy atom. The van der Waals surface area contributed by atoms with E-state index in [9.17, 15) is 0 Å². The van der Waals surface area contributed by atoms with Crippen molar-refractivity contribution in [2.24, 2.45) is 9.98 Å². The van der Waals surface area contributed by atoms with Crippen LogP contribution in [-0.2, 0) is 6.54 Å². The summed E-state index contributed by atoms with van der Waals surface area (Å²) in [7, 11) is 1.71. The molecule has 1 heterocycles. The molecule has 0 atom stereocenters. The molecule has 0 unspecified atom stereocenters. The number of anilines is 3. The third-order valence-electron chi connectivity index (χ3n) is 8.90. The number of hydrogen-bond donors (Lipinski definition) is 0. The minimum absolute atomic E-state index is 0.506. The number of hydrogen-bond acceptors (Lipinski definition) is 4. The van der Waals surface area contributed by atoms with Gasteiger partial charge in [0.25, 0.3) is 0 Å². The zero-order valence-electron chi connectivity index (χ0n) is 27.1. The summed E-state index contributed by atoms with van der Waals surface area (Å²) in [5.41, 5.74) is 8.78. The van der Waals surface area contributed by atoms with Crippen LogP contribution in [0, 0.1) is 0 Å². The van der Waals surface area contributed by atoms with Gasteiger partial charge in [0, 0.05) is 22.0 Å². The summed E-state index contributed by atoms with van der Waals surface area (Å²) in [6.45, 7) is 4.24. The molecule has 0 fully saturated rings. The van der Waals surface area contributed by atoms with E-state index in [2.05, 4.69) is 114 Å². The van der Waals surface area contributed by atoms with Crippen molar-refractivity contribution in [2.45, 2.75) is 6.54 Å². The minimum atomic E-state index is 0.506. The minimum Gasteiger partial charge on any atom is -0.495 e. The molecule has 49 heavy (non-hydrogen) atoms. The maximum atomic E-state index is 6.67. The number of fused-ring (bicyclic) bond motifs is 5. The second-order valence-electron chi connectivity index (χ2n) is 11.8. The van der Waals surface area contributed by atoms with Gasteiger partial charge >= 0.3 is 0 Å². The first-order valence-corrected chi connectivity index (χ1v) is 16.2. The van der Waals surface area contributed by atoms with Gasteiger partial charge in [-0.2, -0.15) is 0 Å². The Kier molecular flexibility index (Phi) is 7.92. The zero-order valence-corrected chi connectivity index (χ0v) is 27.1. The molecule has 0 N–H and O–H groups in total. The molecule has 8 rings (SSSR count). The average Bonchev–Trinajstić information content (AvgIpc) is 3.57. The van der Waals surface area contributed by atoms with Crippen LogP contribution in [0.25, 0.3) is 43.8 Å². The zero-order chi connectivity index (χ0) is 33.2. The van der Waals surface area contributed by atoms with Gasteiger partial charge in [0.2, 0.25) is 0 Å². The standard InChI is InChI=1S/C44H33N3O2/c1-45-44(32-14-4-3-5-15-32)46-29-30-13-12-17-33(27-30)31-23-25-35(26-24-31)47(38-20-9-11-22-41(38)48-2)39-28-34-16-6-7-18-36(34)42-37-19-8-10-21-40(37)49-43(39)42/h3-28H,1,29H2,2H3. The van der Waals surface area contributed by atoms with Gasteiger partial charge in [-0.05, 0) is 76.6 Å². The lowest BCUT2D eigenvalue weighted by molar-refractivity contribution is 0.416. The number of methoxy groups -OCH3 is 1. The lowest BCUT2D eigenvalue weighted by Gasteiger charge is -2.27. The first kappa shape index (κ1) is 29.9. The molecule has 0 radical (unpaired) electrons. The molecule has 0 spiro atoms. The van der Waals surface area contributed by atoms with Crippen LogP contribution in [0.5, 0.6) is 5.75 Å². The van der Waals surface area contributed by atoms with Crippen LogP contribution in [-0.4, -0.2) is 19.7 Å². The van der Waals surface area contributed by atoms with Gasteiger partial charge in [-0.1, -0.05) is 115 Å². The monoisotopic (exact) mass is 635 g/mol. The Hall–Kier alpha value is -6.46. The van der Waals surface area contributed by atoms with Crippen LogP contribution >= 0.6 is 0 Å². The predicted octanol–water partition coefficient (Wildman–Crippen LogP) is 11.5. The maximum Gasteiger partial charge on any atom is 0.160 e. The number of rotatable bonds is 8. The molecule has 0 bridgehead atoms. The summed E-state index contributed by atoms with van der Waals surface area (Å²) in [5.74, 6) is 1.40. The van der Waals surface area contributed by atoms with E-state index in [1.807, 2.05) is 60.7 Å². The Labute approximate surface area is 285 Å². The molecule has 0 saturated carbocycles. The summed E-state index contributed by atoms with van der Waals surface area (Å²) >= 11 is 0. The van der Waals surface area contributed by atoms with Crippen LogP contribution in [0.3, 0.4) is 0 Å². The molecule has 5 nitrogen and oxygen atoms in total. The van der Waals surface area contributed by atoms with E-state index >= 15 is 0 Å². The quantitative estimate of drug-likeness (QED) is 0.123. The topological polar surface area (TPSA) is 50.3 Å². The number of amidine groups is 1. The highest BCUT2D eigenvalue weighted by Gasteiger charge is 2.23. The fourth-order valence-electron chi connectivity index (χ4n) is 6.58.